The normalized spacial score (nSPS) is 17.3. The summed E-state index contributed by atoms with van der Waals surface area (Å²) in [6.45, 7) is 4.12. The van der Waals surface area contributed by atoms with Crippen LogP contribution in [0.3, 0.4) is 0 Å². The van der Waals surface area contributed by atoms with Crippen LogP contribution in [0.15, 0.2) is 24.4 Å². The molecule has 0 bridgehead atoms. The Morgan fingerprint density at radius 2 is 2.11 bits per heavy atom. The van der Waals surface area contributed by atoms with Crippen molar-refractivity contribution >= 4 is 5.78 Å². The van der Waals surface area contributed by atoms with Gasteiger partial charge in [0.2, 0.25) is 0 Å². The van der Waals surface area contributed by atoms with Crippen LogP contribution in [0.5, 0.6) is 5.75 Å². The molecule has 0 fully saturated rings. The molecule has 1 aliphatic carbocycles. The Morgan fingerprint density at radius 3 is 2.79 bits per heavy atom. The molecule has 0 unspecified atom stereocenters. The van der Waals surface area contributed by atoms with Gasteiger partial charge >= 0.3 is 0 Å². The number of nitrogens with one attached hydrogen (secondary N) is 1. The molecule has 98 valence electrons. The molecule has 0 radical (unpaired) electrons. The number of pyridine rings is 1. The summed E-state index contributed by atoms with van der Waals surface area (Å²) < 4.78 is 0. The summed E-state index contributed by atoms with van der Waals surface area (Å²) >= 11 is 0. The number of aromatic amines is 1. The third-order valence-corrected chi connectivity index (χ3v) is 3.55. The van der Waals surface area contributed by atoms with Crippen molar-refractivity contribution < 1.29 is 9.90 Å². The third-order valence-electron chi connectivity index (χ3n) is 3.55. The number of Topliss-reactive ketones (excluding diaryl/α,β-unsaturated/α-hetero) is 1. The first-order valence-corrected chi connectivity index (χ1v) is 6.36. The fourth-order valence-electron chi connectivity index (χ4n) is 2.73. The van der Waals surface area contributed by atoms with Crippen molar-refractivity contribution in [2.45, 2.75) is 26.7 Å². The van der Waals surface area contributed by atoms with Crippen molar-refractivity contribution in [1.29, 1.82) is 0 Å². The number of nitrogens with zero attached hydrogens (tertiary/aromatic N) is 1. The van der Waals surface area contributed by atoms with Crippen molar-refractivity contribution in [2.24, 2.45) is 5.41 Å². The number of hydrogen-bond donors (Lipinski definition) is 2. The van der Waals surface area contributed by atoms with E-state index in [0.29, 0.717) is 23.4 Å². The van der Waals surface area contributed by atoms with Crippen LogP contribution in [0.2, 0.25) is 0 Å². The number of carbonyl (C=O) groups is 1. The molecular weight excluding hydrogens is 240 g/mol. The second kappa shape index (κ2) is 3.95. The summed E-state index contributed by atoms with van der Waals surface area (Å²) in [7, 11) is 0. The second-order valence-corrected chi connectivity index (χ2v) is 5.86. The lowest BCUT2D eigenvalue weighted by molar-refractivity contribution is 0.0909. The monoisotopic (exact) mass is 256 g/mol. The minimum absolute atomic E-state index is 0.00202. The Labute approximate surface area is 111 Å². The molecule has 0 saturated carbocycles. The zero-order valence-electron chi connectivity index (χ0n) is 11.0. The molecule has 19 heavy (non-hydrogen) atoms. The maximum atomic E-state index is 12.2. The zero-order chi connectivity index (χ0) is 13.6. The molecule has 2 N–H and O–H groups in total. The fourth-order valence-corrected chi connectivity index (χ4v) is 2.73. The SMILES string of the molecule is CC1(C)CC(=O)c2c([nH]c(-c3ccccn3)c2O)C1. The maximum absolute atomic E-state index is 12.2. The highest BCUT2D eigenvalue weighted by Gasteiger charge is 2.35. The van der Waals surface area contributed by atoms with Gasteiger partial charge in [-0.1, -0.05) is 19.9 Å². The van der Waals surface area contributed by atoms with Crippen molar-refractivity contribution in [3.05, 3.63) is 35.7 Å². The quantitative estimate of drug-likeness (QED) is 0.824. The number of rotatable bonds is 1. The first-order valence-electron chi connectivity index (χ1n) is 6.36. The van der Waals surface area contributed by atoms with Gasteiger partial charge in [-0.3, -0.25) is 9.78 Å². The van der Waals surface area contributed by atoms with E-state index in [2.05, 4.69) is 23.8 Å². The number of carbonyl (C=O) groups excluding carboxylic acids is 1. The molecule has 2 aromatic rings. The van der Waals surface area contributed by atoms with E-state index in [1.165, 1.54) is 0 Å². The van der Waals surface area contributed by atoms with E-state index in [9.17, 15) is 9.90 Å². The predicted octanol–water partition coefficient (Wildman–Crippen LogP) is 2.94. The Balaban J connectivity index is 2.15. The van der Waals surface area contributed by atoms with Crippen LogP contribution in [0.1, 0.15) is 36.3 Å². The Hall–Kier alpha value is -2.10. The average molecular weight is 256 g/mol. The first kappa shape index (κ1) is 12.0. The number of fused-ring (bicyclic) bond motifs is 1. The smallest absolute Gasteiger partial charge is 0.168 e. The molecule has 3 rings (SSSR count). The average Bonchev–Trinajstić information content (AvgIpc) is 2.66. The Kier molecular flexibility index (Phi) is 2.49. The van der Waals surface area contributed by atoms with Gasteiger partial charge in [-0.25, -0.2) is 0 Å². The van der Waals surface area contributed by atoms with Crippen LogP contribution in [0, 0.1) is 5.41 Å². The van der Waals surface area contributed by atoms with Gasteiger partial charge in [0, 0.05) is 18.3 Å². The molecule has 0 atom stereocenters. The fraction of sp³-hybridized carbons (Fsp3) is 0.333. The van der Waals surface area contributed by atoms with E-state index in [0.717, 1.165) is 12.1 Å². The van der Waals surface area contributed by atoms with Gasteiger partial charge in [0.05, 0.1) is 11.3 Å². The molecule has 2 heterocycles. The number of ketones is 1. The highest BCUT2D eigenvalue weighted by atomic mass is 16.3. The van der Waals surface area contributed by atoms with Gasteiger partial charge in [0.15, 0.2) is 11.5 Å². The molecule has 4 nitrogen and oxygen atoms in total. The van der Waals surface area contributed by atoms with Crippen molar-refractivity contribution in [3.63, 3.8) is 0 Å². The van der Waals surface area contributed by atoms with E-state index >= 15 is 0 Å². The molecule has 0 saturated heterocycles. The largest absolute Gasteiger partial charge is 0.505 e. The Morgan fingerprint density at radius 1 is 1.32 bits per heavy atom. The van der Waals surface area contributed by atoms with E-state index in [1.54, 1.807) is 6.20 Å². The summed E-state index contributed by atoms with van der Waals surface area (Å²) in [6.07, 6.45) is 2.89. The lowest BCUT2D eigenvalue weighted by Crippen LogP contribution is -2.26. The van der Waals surface area contributed by atoms with Crippen LogP contribution in [0.25, 0.3) is 11.4 Å². The molecule has 0 amide bonds. The first-order chi connectivity index (χ1) is 8.98. The van der Waals surface area contributed by atoms with Gasteiger partial charge in [-0.05, 0) is 24.0 Å². The van der Waals surface area contributed by atoms with Crippen molar-refractivity contribution in [1.82, 2.24) is 9.97 Å². The lowest BCUT2D eigenvalue weighted by atomic mass is 9.76. The molecular formula is C15H16N2O2. The van der Waals surface area contributed by atoms with Gasteiger partial charge in [-0.2, -0.15) is 0 Å². The van der Waals surface area contributed by atoms with Crippen LogP contribution >= 0.6 is 0 Å². The molecule has 0 spiro atoms. The van der Waals surface area contributed by atoms with Gasteiger partial charge in [0.1, 0.15) is 5.69 Å². The van der Waals surface area contributed by atoms with Gasteiger partial charge in [0.25, 0.3) is 0 Å². The summed E-state index contributed by atoms with van der Waals surface area (Å²) in [5, 5.41) is 10.3. The number of aromatic hydroxyl groups is 1. The summed E-state index contributed by atoms with van der Waals surface area (Å²) in [5.41, 5.74) is 2.39. The Bertz CT molecular complexity index is 642. The minimum Gasteiger partial charge on any atom is -0.505 e. The third kappa shape index (κ3) is 1.93. The van der Waals surface area contributed by atoms with E-state index < -0.39 is 0 Å². The van der Waals surface area contributed by atoms with E-state index in [4.69, 9.17) is 0 Å². The highest BCUT2D eigenvalue weighted by molar-refractivity contribution is 6.03. The molecule has 4 heteroatoms. The summed E-state index contributed by atoms with van der Waals surface area (Å²) in [5.74, 6) is 0.0383. The van der Waals surface area contributed by atoms with Crippen molar-refractivity contribution in [3.8, 4) is 17.1 Å². The molecule has 0 aliphatic heterocycles. The lowest BCUT2D eigenvalue weighted by Gasteiger charge is -2.27. The van der Waals surface area contributed by atoms with Gasteiger partial charge in [-0.15, -0.1) is 0 Å². The summed E-state index contributed by atoms with van der Waals surface area (Å²) in [6, 6.07) is 5.48. The number of H-pyrrole nitrogens is 1. The van der Waals surface area contributed by atoms with E-state index in [1.807, 2.05) is 18.2 Å². The molecule has 0 aromatic carbocycles. The zero-order valence-corrected chi connectivity index (χ0v) is 11.0. The van der Waals surface area contributed by atoms with Crippen molar-refractivity contribution in [2.75, 3.05) is 0 Å². The molecule has 2 aromatic heterocycles. The maximum Gasteiger partial charge on any atom is 0.168 e. The predicted molar refractivity (Wildman–Crippen MR) is 72.1 cm³/mol. The van der Waals surface area contributed by atoms with Crippen LogP contribution < -0.4 is 0 Å². The molecule has 1 aliphatic rings. The number of hydrogen-bond acceptors (Lipinski definition) is 3. The topological polar surface area (TPSA) is 66.0 Å². The number of aromatic nitrogens is 2. The van der Waals surface area contributed by atoms with E-state index in [-0.39, 0.29) is 16.9 Å². The van der Waals surface area contributed by atoms with Crippen LogP contribution in [-0.2, 0) is 6.42 Å². The van der Waals surface area contributed by atoms with Gasteiger partial charge < -0.3 is 10.1 Å². The minimum atomic E-state index is -0.0667. The second-order valence-electron chi connectivity index (χ2n) is 5.86. The summed E-state index contributed by atoms with van der Waals surface area (Å²) in [4.78, 5) is 19.5. The standard InChI is InChI=1S/C15H16N2O2/c1-15(2)7-10-12(11(18)8-15)14(19)13(17-10)9-5-3-4-6-16-9/h3-6,17,19H,7-8H2,1-2H3. The van der Waals surface area contributed by atoms with Crippen LogP contribution in [0.4, 0.5) is 0 Å². The van der Waals surface area contributed by atoms with Crippen LogP contribution in [-0.4, -0.2) is 20.9 Å². The highest BCUT2D eigenvalue weighted by Crippen LogP contribution is 2.42.